The van der Waals surface area contributed by atoms with E-state index in [1.165, 1.54) is 37.3 Å². The largest absolute Gasteiger partial charge is 0.508 e. The third-order valence-electron chi connectivity index (χ3n) is 7.97. The Morgan fingerprint density at radius 3 is 1.86 bits per heavy atom. The number of phenols is 2. The van der Waals surface area contributed by atoms with Gasteiger partial charge in [-0.05, 0) is 75.4 Å². The van der Waals surface area contributed by atoms with E-state index >= 15 is 0 Å². The first-order valence-electron chi connectivity index (χ1n) is 14.1. The van der Waals surface area contributed by atoms with Gasteiger partial charge in [-0.2, -0.15) is 0 Å². The SMILES string of the molecule is CC(=O)N(CCCN(C)C)N1C[C@H](C(=O)c2cccc(O)c2)C(c2cccc(F)c2C)[C@@H](C(=O)c2cccc(O)c2)C1. The fourth-order valence-corrected chi connectivity index (χ4v) is 5.93. The lowest BCUT2D eigenvalue weighted by Crippen LogP contribution is -2.58. The standard InChI is InChI=1S/C33H38FN3O5/c1-21-27(13-7-14-30(21)34)31-28(32(41)23-9-5-11-25(39)17-23)19-36(37(22(2)38)16-8-15-35(3)4)20-29(31)33(42)24-10-6-12-26(40)18-24/h5-7,9-14,17-18,28-29,31,39-40H,8,15-16,19-20H2,1-4H3/t28-,29-/m0/s1. The molecule has 0 bridgehead atoms. The molecule has 2 N–H and O–H groups in total. The van der Waals surface area contributed by atoms with Crippen LogP contribution in [-0.4, -0.2) is 82.9 Å². The summed E-state index contributed by atoms with van der Waals surface area (Å²) < 4.78 is 15.0. The summed E-state index contributed by atoms with van der Waals surface area (Å²) in [6, 6.07) is 16.7. The highest BCUT2D eigenvalue weighted by atomic mass is 19.1. The average Bonchev–Trinajstić information content (AvgIpc) is 2.95. The molecule has 1 saturated heterocycles. The van der Waals surface area contributed by atoms with Crippen LogP contribution in [0, 0.1) is 24.6 Å². The Bertz CT molecular complexity index is 1390. The van der Waals surface area contributed by atoms with Gasteiger partial charge in [0, 0.05) is 55.4 Å². The third-order valence-corrected chi connectivity index (χ3v) is 7.97. The van der Waals surface area contributed by atoms with Gasteiger partial charge in [-0.15, -0.1) is 0 Å². The van der Waals surface area contributed by atoms with Crippen LogP contribution in [0.2, 0.25) is 0 Å². The molecule has 1 heterocycles. The maximum atomic E-state index is 15.0. The highest BCUT2D eigenvalue weighted by Crippen LogP contribution is 2.43. The molecule has 0 saturated carbocycles. The van der Waals surface area contributed by atoms with Crippen LogP contribution in [0.25, 0.3) is 0 Å². The van der Waals surface area contributed by atoms with Gasteiger partial charge in [-0.25, -0.2) is 9.40 Å². The third kappa shape index (κ3) is 6.86. The van der Waals surface area contributed by atoms with E-state index in [9.17, 15) is 29.0 Å². The van der Waals surface area contributed by atoms with Gasteiger partial charge in [-0.3, -0.25) is 19.4 Å². The van der Waals surface area contributed by atoms with E-state index in [1.54, 1.807) is 53.3 Å². The number of piperidine rings is 1. The van der Waals surface area contributed by atoms with Crippen molar-refractivity contribution in [1.82, 2.24) is 14.9 Å². The summed E-state index contributed by atoms with van der Waals surface area (Å²) in [5.74, 6) is -3.92. The minimum Gasteiger partial charge on any atom is -0.508 e. The number of aromatic hydroxyl groups is 2. The van der Waals surface area contributed by atoms with Crippen molar-refractivity contribution in [2.45, 2.75) is 26.2 Å². The molecular weight excluding hydrogens is 537 g/mol. The van der Waals surface area contributed by atoms with Crippen LogP contribution in [-0.2, 0) is 4.79 Å². The van der Waals surface area contributed by atoms with Crippen molar-refractivity contribution >= 4 is 17.5 Å². The number of hydrogen-bond acceptors (Lipinski definition) is 7. The quantitative estimate of drug-likeness (QED) is 0.339. The summed E-state index contributed by atoms with van der Waals surface area (Å²) in [6.07, 6.45) is 0.672. The molecule has 42 heavy (non-hydrogen) atoms. The van der Waals surface area contributed by atoms with Crippen molar-refractivity contribution in [3.05, 3.63) is 94.8 Å². The molecule has 3 aromatic rings. The highest BCUT2D eigenvalue weighted by Gasteiger charge is 2.47. The number of Topliss-reactive ketones (excluding diaryl/α,β-unsaturated/α-hetero) is 2. The number of hydrogen-bond donors (Lipinski definition) is 2. The topological polar surface area (TPSA) is 101 Å². The molecule has 0 radical (unpaired) electrons. The number of carbonyl (C=O) groups is 3. The fourth-order valence-electron chi connectivity index (χ4n) is 5.93. The lowest BCUT2D eigenvalue weighted by molar-refractivity contribution is -0.152. The second-order valence-corrected chi connectivity index (χ2v) is 11.2. The fraction of sp³-hybridized carbons (Fsp3) is 0.364. The molecule has 0 unspecified atom stereocenters. The van der Waals surface area contributed by atoms with E-state index in [0.29, 0.717) is 24.1 Å². The van der Waals surface area contributed by atoms with E-state index in [2.05, 4.69) is 0 Å². The Hall–Kier alpha value is -4.08. The summed E-state index contributed by atoms with van der Waals surface area (Å²) in [5, 5.41) is 23.6. The molecule has 0 aliphatic carbocycles. The molecule has 1 amide bonds. The zero-order chi connectivity index (χ0) is 30.6. The number of carbonyl (C=O) groups excluding carboxylic acids is 3. The van der Waals surface area contributed by atoms with Crippen molar-refractivity contribution in [1.29, 1.82) is 0 Å². The van der Waals surface area contributed by atoms with Crippen LogP contribution in [0.5, 0.6) is 11.5 Å². The highest BCUT2D eigenvalue weighted by molar-refractivity contribution is 6.02. The molecule has 8 nitrogen and oxygen atoms in total. The number of nitrogens with zero attached hydrogens (tertiary/aromatic N) is 3. The maximum Gasteiger partial charge on any atom is 0.233 e. The monoisotopic (exact) mass is 575 g/mol. The molecular formula is C33H38FN3O5. The summed E-state index contributed by atoms with van der Waals surface area (Å²) in [7, 11) is 3.89. The van der Waals surface area contributed by atoms with Gasteiger partial charge in [0.05, 0.1) is 0 Å². The molecule has 1 fully saturated rings. The smallest absolute Gasteiger partial charge is 0.233 e. The normalized spacial score (nSPS) is 17.8. The van der Waals surface area contributed by atoms with E-state index in [1.807, 2.05) is 19.0 Å². The van der Waals surface area contributed by atoms with Gasteiger partial charge in [0.1, 0.15) is 17.3 Å². The molecule has 4 rings (SSSR count). The average molecular weight is 576 g/mol. The molecule has 2 atom stereocenters. The van der Waals surface area contributed by atoms with E-state index < -0.39 is 23.6 Å². The number of benzene rings is 3. The minimum atomic E-state index is -0.858. The Morgan fingerprint density at radius 1 is 0.857 bits per heavy atom. The van der Waals surface area contributed by atoms with Gasteiger partial charge in [0.15, 0.2) is 11.6 Å². The zero-order valence-electron chi connectivity index (χ0n) is 24.5. The Labute approximate surface area is 246 Å². The molecule has 0 spiro atoms. The second kappa shape index (κ2) is 13.3. The minimum absolute atomic E-state index is 0.0755. The van der Waals surface area contributed by atoms with Crippen molar-refractivity contribution in [2.24, 2.45) is 11.8 Å². The summed E-state index contributed by atoms with van der Waals surface area (Å²) in [4.78, 5) is 43.4. The maximum absolute atomic E-state index is 15.0. The van der Waals surface area contributed by atoms with Crippen LogP contribution in [0.1, 0.15) is 51.1 Å². The number of hydrazine groups is 1. The van der Waals surface area contributed by atoms with Crippen LogP contribution in [0.15, 0.2) is 66.7 Å². The van der Waals surface area contributed by atoms with Gasteiger partial charge >= 0.3 is 0 Å². The number of phenolic OH excluding ortho intramolecular Hbond substituents is 2. The molecule has 222 valence electrons. The van der Waals surface area contributed by atoms with Crippen molar-refractivity contribution in [3.8, 4) is 11.5 Å². The molecule has 1 aliphatic rings. The molecule has 9 heteroatoms. The second-order valence-electron chi connectivity index (χ2n) is 11.2. The first kappa shape index (κ1) is 30.9. The molecule has 3 aromatic carbocycles. The first-order chi connectivity index (χ1) is 20.0. The predicted octanol–water partition coefficient (Wildman–Crippen LogP) is 4.66. The van der Waals surface area contributed by atoms with E-state index in [-0.39, 0.29) is 53.2 Å². The Kier molecular flexibility index (Phi) is 9.75. The van der Waals surface area contributed by atoms with Crippen molar-refractivity contribution in [2.75, 3.05) is 40.3 Å². The van der Waals surface area contributed by atoms with Crippen LogP contribution in [0.4, 0.5) is 4.39 Å². The summed E-state index contributed by atoms with van der Waals surface area (Å²) in [6.45, 7) is 4.43. The van der Waals surface area contributed by atoms with Gasteiger partial charge < -0.3 is 15.1 Å². The van der Waals surface area contributed by atoms with Crippen molar-refractivity contribution < 1.29 is 29.0 Å². The van der Waals surface area contributed by atoms with Crippen molar-refractivity contribution in [3.63, 3.8) is 0 Å². The molecule has 0 aromatic heterocycles. The molecule has 1 aliphatic heterocycles. The van der Waals surface area contributed by atoms with Crippen LogP contribution < -0.4 is 0 Å². The number of rotatable bonds is 10. The van der Waals surface area contributed by atoms with Gasteiger partial charge in [-0.1, -0.05) is 36.4 Å². The number of ketones is 2. The summed E-state index contributed by atoms with van der Waals surface area (Å²) in [5.41, 5.74) is 1.39. The van der Waals surface area contributed by atoms with Gasteiger partial charge in [0.2, 0.25) is 5.91 Å². The first-order valence-corrected chi connectivity index (χ1v) is 14.1. The lowest BCUT2D eigenvalue weighted by Gasteiger charge is -2.47. The van der Waals surface area contributed by atoms with Gasteiger partial charge in [0.25, 0.3) is 0 Å². The van der Waals surface area contributed by atoms with Crippen LogP contribution >= 0.6 is 0 Å². The van der Waals surface area contributed by atoms with E-state index in [4.69, 9.17) is 0 Å². The zero-order valence-corrected chi connectivity index (χ0v) is 24.5. The van der Waals surface area contributed by atoms with E-state index in [0.717, 1.165) is 6.54 Å². The summed E-state index contributed by atoms with van der Waals surface area (Å²) >= 11 is 0. The number of amides is 1. The lowest BCUT2D eigenvalue weighted by atomic mass is 9.68. The Balaban J connectivity index is 1.87. The van der Waals surface area contributed by atoms with Crippen LogP contribution in [0.3, 0.4) is 0 Å². The Morgan fingerprint density at radius 2 is 1.38 bits per heavy atom. The number of halogens is 1. The predicted molar refractivity (Wildman–Crippen MR) is 158 cm³/mol.